The molecule has 11 heavy (non-hydrogen) atoms. The predicted octanol–water partition coefficient (Wildman–Crippen LogP) is 0.746. The maximum Gasteiger partial charge on any atom is 0.0959 e. The van der Waals surface area contributed by atoms with Crippen LogP contribution in [0, 0.1) is 11.3 Å². The first kappa shape index (κ1) is 8.09. The van der Waals surface area contributed by atoms with Crippen molar-refractivity contribution in [1.29, 1.82) is 5.26 Å². The highest BCUT2D eigenvalue weighted by Gasteiger charge is 2.05. The van der Waals surface area contributed by atoms with Gasteiger partial charge in [0.25, 0.3) is 0 Å². The van der Waals surface area contributed by atoms with Crippen molar-refractivity contribution in [2.75, 3.05) is 26.3 Å². The van der Waals surface area contributed by atoms with Gasteiger partial charge in [-0.2, -0.15) is 5.26 Å². The van der Waals surface area contributed by atoms with Crippen LogP contribution in [-0.2, 0) is 4.74 Å². The Morgan fingerprint density at radius 1 is 1.55 bits per heavy atom. The molecule has 0 aromatic carbocycles. The highest BCUT2D eigenvalue weighted by molar-refractivity contribution is 5.16. The molecular weight excluding hydrogens is 140 g/mol. The van der Waals surface area contributed by atoms with Crippen molar-refractivity contribution in [2.45, 2.75) is 6.92 Å². The van der Waals surface area contributed by atoms with Crippen LogP contribution in [0.25, 0.3) is 0 Å². The molecule has 1 fully saturated rings. The molecule has 0 atom stereocenters. The SMILES string of the molecule is C/C(C#N)=C/N1CCOCC1. The minimum atomic E-state index is 0.756. The van der Waals surface area contributed by atoms with Gasteiger partial charge in [-0.05, 0) is 6.92 Å². The molecule has 1 saturated heterocycles. The van der Waals surface area contributed by atoms with Gasteiger partial charge >= 0.3 is 0 Å². The average Bonchev–Trinajstić information content (AvgIpc) is 2.06. The molecule has 60 valence electrons. The molecule has 0 bridgehead atoms. The summed E-state index contributed by atoms with van der Waals surface area (Å²) in [5.74, 6) is 0. The molecule has 0 radical (unpaired) electrons. The summed E-state index contributed by atoms with van der Waals surface area (Å²) in [6, 6.07) is 2.09. The summed E-state index contributed by atoms with van der Waals surface area (Å²) in [6.07, 6.45) is 1.89. The predicted molar refractivity (Wildman–Crippen MR) is 41.8 cm³/mol. The molecule has 0 aliphatic carbocycles. The van der Waals surface area contributed by atoms with E-state index in [1.807, 2.05) is 13.1 Å². The molecule has 0 N–H and O–H groups in total. The van der Waals surface area contributed by atoms with E-state index in [0.717, 1.165) is 31.9 Å². The third kappa shape index (κ3) is 2.60. The van der Waals surface area contributed by atoms with Gasteiger partial charge < -0.3 is 9.64 Å². The van der Waals surface area contributed by atoms with Crippen molar-refractivity contribution in [1.82, 2.24) is 4.90 Å². The molecule has 0 spiro atoms. The van der Waals surface area contributed by atoms with Gasteiger partial charge in [-0.25, -0.2) is 0 Å². The van der Waals surface area contributed by atoms with Crippen LogP contribution in [-0.4, -0.2) is 31.2 Å². The lowest BCUT2D eigenvalue weighted by Crippen LogP contribution is -2.32. The Morgan fingerprint density at radius 3 is 2.73 bits per heavy atom. The van der Waals surface area contributed by atoms with Crippen molar-refractivity contribution in [3.05, 3.63) is 11.8 Å². The first-order valence-electron chi connectivity index (χ1n) is 3.73. The highest BCUT2D eigenvalue weighted by atomic mass is 16.5. The lowest BCUT2D eigenvalue weighted by atomic mass is 10.3. The standard InChI is InChI=1S/C8H12N2O/c1-8(6-9)7-10-2-4-11-5-3-10/h7H,2-5H2,1H3/b8-7-. The molecule has 1 aliphatic heterocycles. The minimum Gasteiger partial charge on any atom is -0.378 e. The Morgan fingerprint density at radius 2 is 2.18 bits per heavy atom. The quantitative estimate of drug-likeness (QED) is 0.520. The van der Waals surface area contributed by atoms with Crippen LogP contribution in [0.3, 0.4) is 0 Å². The molecule has 1 rings (SSSR count). The fourth-order valence-corrected chi connectivity index (χ4v) is 1.01. The number of morpholine rings is 1. The lowest BCUT2D eigenvalue weighted by molar-refractivity contribution is 0.0591. The molecule has 3 nitrogen and oxygen atoms in total. The Balaban J connectivity index is 2.42. The largest absolute Gasteiger partial charge is 0.378 e. The monoisotopic (exact) mass is 152 g/mol. The summed E-state index contributed by atoms with van der Waals surface area (Å²) in [5, 5.41) is 8.49. The zero-order valence-corrected chi connectivity index (χ0v) is 6.71. The van der Waals surface area contributed by atoms with Crippen LogP contribution in [0.1, 0.15) is 6.92 Å². The second-order valence-electron chi connectivity index (χ2n) is 2.57. The zero-order chi connectivity index (χ0) is 8.10. The summed E-state index contributed by atoms with van der Waals surface area (Å²) in [6.45, 7) is 5.16. The molecule has 3 heteroatoms. The summed E-state index contributed by atoms with van der Waals surface area (Å²) >= 11 is 0. The topological polar surface area (TPSA) is 36.3 Å². The molecular formula is C8H12N2O. The Bertz CT molecular complexity index is 187. The summed E-state index contributed by atoms with van der Waals surface area (Å²) in [4.78, 5) is 2.11. The summed E-state index contributed by atoms with van der Waals surface area (Å²) < 4.78 is 5.16. The van der Waals surface area contributed by atoms with E-state index < -0.39 is 0 Å². The number of hydrogen-bond acceptors (Lipinski definition) is 3. The highest BCUT2D eigenvalue weighted by Crippen LogP contribution is 2.00. The van der Waals surface area contributed by atoms with Gasteiger partial charge in [-0.15, -0.1) is 0 Å². The fourth-order valence-electron chi connectivity index (χ4n) is 1.01. The Hall–Kier alpha value is -1.01. The van der Waals surface area contributed by atoms with Crippen molar-refractivity contribution in [3.8, 4) is 6.07 Å². The summed E-state index contributed by atoms with van der Waals surface area (Å²) in [7, 11) is 0. The summed E-state index contributed by atoms with van der Waals surface area (Å²) in [5.41, 5.74) is 0.756. The molecule has 1 heterocycles. The van der Waals surface area contributed by atoms with Gasteiger partial charge in [0.2, 0.25) is 0 Å². The number of hydrogen-bond donors (Lipinski definition) is 0. The van der Waals surface area contributed by atoms with Crippen LogP contribution in [0.4, 0.5) is 0 Å². The first-order chi connectivity index (χ1) is 5.33. The normalized spacial score (nSPS) is 19.6. The molecule has 0 saturated carbocycles. The van der Waals surface area contributed by atoms with Gasteiger partial charge in [-0.3, -0.25) is 0 Å². The van der Waals surface area contributed by atoms with E-state index in [1.54, 1.807) is 0 Å². The van der Waals surface area contributed by atoms with Crippen molar-refractivity contribution in [2.24, 2.45) is 0 Å². The second-order valence-corrected chi connectivity index (χ2v) is 2.57. The maximum absolute atomic E-state index is 8.49. The number of ether oxygens (including phenoxy) is 1. The average molecular weight is 152 g/mol. The van der Waals surface area contributed by atoms with Crippen LogP contribution in [0.15, 0.2) is 11.8 Å². The fraction of sp³-hybridized carbons (Fsp3) is 0.625. The number of allylic oxidation sites excluding steroid dienone is 1. The smallest absolute Gasteiger partial charge is 0.0959 e. The molecule has 0 unspecified atom stereocenters. The Labute approximate surface area is 66.9 Å². The van der Waals surface area contributed by atoms with Gasteiger partial charge in [-0.1, -0.05) is 0 Å². The van der Waals surface area contributed by atoms with Crippen LogP contribution in [0.5, 0.6) is 0 Å². The molecule has 0 aromatic rings. The van der Waals surface area contributed by atoms with Crippen LogP contribution >= 0.6 is 0 Å². The number of rotatable bonds is 1. The van der Waals surface area contributed by atoms with E-state index in [0.29, 0.717) is 0 Å². The lowest BCUT2D eigenvalue weighted by Gasteiger charge is -2.25. The maximum atomic E-state index is 8.49. The van der Waals surface area contributed by atoms with Crippen molar-refractivity contribution < 1.29 is 4.74 Å². The molecule has 0 aromatic heterocycles. The van der Waals surface area contributed by atoms with Crippen molar-refractivity contribution in [3.63, 3.8) is 0 Å². The Kier molecular flexibility index (Phi) is 2.94. The van der Waals surface area contributed by atoms with E-state index in [4.69, 9.17) is 10.00 Å². The van der Waals surface area contributed by atoms with E-state index in [9.17, 15) is 0 Å². The second kappa shape index (κ2) is 3.99. The zero-order valence-electron chi connectivity index (χ0n) is 6.71. The number of nitriles is 1. The van der Waals surface area contributed by atoms with Crippen LogP contribution in [0.2, 0.25) is 0 Å². The molecule has 0 amide bonds. The third-order valence-corrected chi connectivity index (χ3v) is 1.60. The van der Waals surface area contributed by atoms with E-state index >= 15 is 0 Å². The molecule has 1 aliphatic rings. The van der Waals surface area contributed by atoms with Gasteiger partial charge in [0.15, 0.2) is 0 Å². The van der Waals surface area contributed by atoms with E-state index in [-0.39, 0.29) is 0 Å². The van der Waals surface area contributed by atoms with E-state index in [1.165, 1.54) is 0 Å². The van der Waals surface area contributed by atoms with Gasteiger partial charge in [0.05, 0.1) is 19.3 Å². The van der Waals surface area contributed by atoms with E-state index in [2.05, 4.69) is 11.0 Å². The third-order valence-electron chi connectivity index (χ3n) is 1.60. The van der Waals surface area contributed by atoms with Gasteiger partial charge in [0.1, 0.15) is 0 Å². The van der Waals surface area contributed by atoms with Crippen LogP contribution < -0.4 is 0 Å². The van der Waals surface area contributed by atoms with Gasteiger partial charge in [0, 0.05) is 24.9 Å². The first-order valence-corrected chi connectivity index (χ1v) is 3.73. The number of nitrogens with zero attached hydrogens (tertiary/aromatic N) is 2. The minimum absolute atomic E-state index is 0.756. The van der Waals surface area contributed by atoms with Crippen molar-refractivity contribution >= 4 is 0 Å².